The molecule has 0 bridgehead atoms. The maximum absolute atomic E-state index is 12.6. The van der Waals surface area contributed by atoms with Gasteiger partial charge in [0.15, 0.2) is 6.10 Å². The van der Waals surface area contributed by atoms with Crippen molar-refractivity contribution in [3.63, 3.8) is 0 Å². The lowest BCUT2D eigenvalue weighted by molar-refractivity contribution is -0.161. The van der Waals surface area contributed by atoms with E-state index < -0.39 is 26.5 Å². The summed E-state index contributed by atoms with van der Waals surface area (Å²) in [6, 6.07) is 0. The van der Waals surface area contributed by atoms with Crippen molar-refractivity contribution in [1.82, 2.24) is 0 Å². The molecule has 0 rings (SSSR count). The molecule has 57 heavy (non-hydrogen) atoms. The molecule has 2 unspecified atom stereocenters. The number of esters is 2. The van der Waals surface area contributed by atoms with Gasteiger partial charge in [-0.2, -0.15) is 0 Å². The molecule has 0 spiro atoms. The van der Waals surface area contributed by atoms with E-state index in [0.717, 1.165) is 32.1 Å². The summed E-state index contributed by atoms with van der Waals surface area (Å²) in [4.78, 5) is 34.7. The van der Waals surface area contributed by atoms with Crippen molar-refractivity contribution in [2.24, 2.45) is 5.73 Å². The predicted octanol–water partition coefficient (Wildman–Crippen LogP) is 14.4. The van der Waals surface area contributed by atoms with Crippen LogP contribution in [0.3, 0.4) is 0 Å². The molecule has 0 radical (unpaired) electrons. The number of unbranched alkanes of at least 4 members (excludes halogenated alkanes) is 34. The monoisotopic (exact) mass is 832 g/mol. The summed E-state index contributed by atoms with van der Waals surface area (Å²) < 4.78 is 32.7. The Balaban J connectivity index is 3.77. The van der Waals surface area contributed by atoms with Crippen molar-refractivity contribution in [1.29, 1.82) is 0 Å². The molecule has 0 aromatic rings. The largest absolute Gasteiger partial charge is 0.472 e. The molecule has 0 aliphatic heterocycles. The summed E-state index contributed by atoms with van der Waals surface area (Å²) in [6.45, 7) is 3.73. The van der Waals surface area contributed by atoms with Gasteiger partial charge in [0.1, 0.15) is 6.61 Å². The molecule has 3 N–H and O–H groups in total. The molecule has 0 aromatic carbocycles. The number of phosphoric acid groups is 1. The van der Waals surface area contributed by atoms with Crippen LogP contribution in [0.5, 0.6) is 0 Å². The van der Waals surface area contributed by atoms with Crippen molar-refractivity contribution < 1.29 is 37.6 Å². The normalized spacial score (nSPS) is 13.1. The Bertz CT molecular complexity index is 907. The van der Waals surface area contributed by atoms with Gasteiger partial charge in [0.25, 0.3) is 0 Å². The minimum Gasteiger partial charge on any atom is -0.462 e. The lowest BCUT2D eigenvalue weighted by Crippen LogP contribution is -2.29. The standard InChI is InChI=1S/C47H94NO8P/c1-3-5-7-9-11-12-13-14-15-16-17-18-19-20-21-22-23-24-25-26-27-28-29-30-31-32-34-36-38-40-47(50)56-45(44-55-57(51,52)54-42-41-48)43-53-46(49)39-37-35-33-10-8-6-4-2/h45H,3-44,48H2,1-2H3,(H,51,52). The second-order valence-corrected chi connectivity index (χ2v) is 18.2. The first kappa shape index (κ1) is 56.0. The van der Waals surface area contributed by atoms with E-state index in [1.807, 2.05) is 0 Å². The highest BCUT2D eigenvalue weighted by atomic mass is 31.2. The molecule has 2 atom stereocenters. The van der Waals surface area contributed by atoms with Gasteiger partial charge in [-0.1, -0.05) is 232 Å². The molecule has 10 heteroatoms. The van der Waals surface area contributed by atoms with Crippen LogP contribution in [0, 0.1) is 0 Å². The van der Waals surface area contributed by atoms with Gasteiger partial charge in [0.05, 0.1) is 13.2 Å². The maximum Gasteiger partial charge on any atom is 0.472 e. The van der Waals surface area contributed by atoms with Crippen LogP contribution in [0.25, 0.3) is 0 Å². The Morgan fingerprint density at radius 3 is 1.07 bits per heavy atom. The molecule has 0 aliphatic rings. The van der Waals surface area contributed by atoms with Gasteiger partial charge in [-0.25, -0.2) is 4.57 Å². The van der Waals surface area contributed by atoms with Crippen molar-refractivity contribution in [3.05, 3.63) is 0 Å². The molecule has 0 fully saturated rings. The number of carbonyl (C=O) groups is 2. The number of phosphoric ester groups is 1. The Labute approximate surface area is 352 Å². The smallest absolute Gasteiger partial charge is 0.462 e. The van der Waals surface area contributed by atoms with Crippen LogP contribution in [0.2, 0.25) is 0 Å². The van der Waals surface area contributed by atoms with E-state index in [9.17, 15) is 19.0 Å². The molecule has 0 aliphatic carbocycles. The minimum atomic E-state index is -4.36. The summed E-state index contributed by atoms with van der Waals surface area (Å²) in [6.07, 6.45) is 46.2. The summed E-state index contributed by atoms with van der Waals surface area (Å²) in [5.74, 6) is -0.820. The van der Waals surface area contributed by atoms with E-state index in [1.165, 1.54) is 193 Å². The molecule has 0 saturated carbocycles. The SMILES string of the molecule is CCCCCCCCCCCCCCCCCCCCCCCCCCCCCCCC(=O)OC(COC(=O)CCCCCCCCC)COP(=O)(O)OCCN. The minimum absolute atomic E-state index is 0.0578. The topological polar surface area (TPSA) is 134 Å². The molecule has 0 amide bonds. The third-order valence-electron chi connectivity index (χ3n) is 11.0. The van der Waals surface area contributed by atoms with Crippen LogP contribution in [0.15, 0.2) is 0 Å². The first-order chi connectivity index (χ1) is 27.8. The Hall–Kier alpha value is -0.990. The molecule has 9 nitrogen and oxygen atoms in total. The second kappa shape index (κ2) is 44.6. The summed E-state index contributed by atoms with van der Waals surface area (Å²) >= 11 is 0. The lowest BCUT2D eigenvalue weighted by Gasteiger charge is -2.19. The summed E-state index contributed by atoms with van der Waals surface area (Å²) in [5, 5.41) is 0. The van der Waals surface area contributed by atoms with Gasteiger partial charge in [-0.05, 0) is 12.8 Å². The third-order valence-corrected chi connectivity index (χ3v) is 12.0. The van der Waals surface area contributed by atoms with Gasteiger partial charge >= 0.3 is 19.8 Å². The van der Waals surface area contributed by atoms with E-state index in [-0.39, 0.29) is 38.6 Å². The molecule has 340 valence electrons. The first-order valence-corrected chi connectivity index (χ1v) is 26.0. The fraction of sp³-hybridized carbons (Fsp3) is 0.957. The van der Waals surface area contributed by atoms with E-state index in [1.54, 1.807) is 0 Å². The first-order valence-electron chi connectivity index (χ1n) is 24.5. The van der Waals surface area contributed by atoms with Gasteiger partial charge in [0.2, 0.25) is 0 Å². The van der Waals surface area contributed by atoms with Gasteiger partial charge in [0, 0.05) is 19.4 Å². The zero-order valence-electron chi connectivity index (χ0n) is 37.6. The van der Waals surface area contributed by atoms with Crippen LogP contribution < -0.4 is 5.73 Å². The molecular formula is C47H94NO8P. The van der Waals surface area contributed by atoms with Crippen molar-refractivity contribution in [2.75, 3.05) is 26.4 Å². The molecule has 0 heterocycles. The van der Waals surface area contributed by atoms with Gasteiger partial charge in [-0.3, -0.25) is 18.6 Å². The van der Waals surface area contributed by atoms with Crippen LogP contribution >= 0.6 is 7.82 Å². The van der Waals surface area contributed by atoms with E-state index in [0.29, 0.717) is 6.42 Å². The van der Waals surface area contributed by atoms with Crippen LogP contribution in [-0.4, -0.2) is 49.3 Å². The number of carbonyl (C=O) groups excluding carboxylic acids is 2. The predicted molar refractivity (Wildman–Crippen MR) is 238 cm³/mol. The van der Waals surface area contributed by atoms with Crippen LogP contribution in [-0.2, 0) is 32.7 Å². The molecule has 0 aromatic heterocycles. The summed E-state index contributed by atoms with van der Waals surface area (Å²) in [7, 11) is -4.36. The highest BCUT2D eigenvalue weighted by molar-refractivity contribution is 7.47. The second-order valence-electron chi connectivity index (χ2n) is 16.7. The van der Waals surface area contributed by atoms with E-state index >= 15 is 0 Å². The third kappa shape index (κ3) is 44.4. The van der Waals surface area contributed by atoms with E-state index in [4.69, 9.17) is 24.3 Å². The molecular weight excluding hydrogens is 737 g/mol. The Kier molecular flexibility index (Phi) is 43.8. The van der Waals surface area contributed by atoms with Crippen LogP contribution in [0.1, 0.15) is 258 Å². The highest BCUT2D eigenvalue weighted by Crippen LogP contribution is 2.43. The maximum atomic E-state index is 12.6. The van der Waals surface area contributed by atoms with Crippen LogP contribution in [0.4, 0.5) is 0 Å². The lowest BCUT2D eigenvalue weighted by atomic mass is 10.0. The average Bonchev–Trinajstić information content (AvgIpc) is 3.20. The molecule has 0 saturated heterocycles. The highest BCUT2D eigenvalue weighted by Gasteiger charge is 2.26. The quantitative estimate of drug-likeness (QED) is 0.0349. The zero-order valence-corrected chi connectivity index (χ0v) is 38.5. The number of nitrogens with two attached hydrogens (primary N) is 1. The van der Waals surface area contributed by atoms with Crippen molar-refractivity contribution in [3.8, 4) is 0 Å². The number of hydrogen-bond acceptors (Lipinski definition) is 8. The fourth-order valence-electron chi connectivity index (χ4n) is 7.34. The number of ether oxygens (including phenoxy) is 2. The van der Waals surface area contributed by atoms with Gasteiger partial charge in [-0.15, -0.1) is 0 Å². The Morgan fingerprint density at radius 1 is 0.456 bits per heavy atom. The number of rotatable bonds is 47. The van der Waals surface area contributed by atoms with Crippen molar-refractivity contribution in [2.45, 2.75) is 264 Å². The fourth-order valence-corrected chi connectivity index (χ4v) is 8.11. The van der Waals surface area contributed by atoms with Crippen molar-refractivity contribution >= 4 is 19.8 Å². The van der Waals surface area contributed by atoms with E-state index in [2.05, 4.69) is 13.8 Å². The number of hydrogen-bond donors (Lipinski definition) is 2. The average molecular weight is 832 g/mol. The summed E-state index contributed by atoms with van der Waals surface area (Å²) in [5.41, 5.74) is 5.34. The van der Waals surface area contributed by atoms with Gasteiger partial charge < -0.3 is 20.1 Å². The zero-order chi connectivity index (χ0) is 41.8. The Morgan fingerprint density at radius 2 is 0.754 bits per heavy atom.